The van der Waals surface area contributed by atoms with Gasteiger partial charge in [-0.2, -0.15) is 0 Å². The Morgan fingerprint density at radius 1 is 1.37 bits per heavy atom. The maximum absolute atomic E-state index is 6.04. The van der Waals surface area contributed by atoms with E-state index >= 15 is 0 Å². The quantitative estimate of drug-likeness (QED) is 0.879. The zero-order valence-electron chi connectivity index (χ0n) is 11.8. The van der Waals surface area contributed by atoms with Crippen molar-refractivity contribution in [2.45, 2.75) is 13.0 Å². The molecule has 2 aromatic rings. The first-order valence-electron chi connectivity index (χ1n) is 6.56. The normalized spacial score (nSPS) is 11.6. The van der Waals surface area contributed by atoms with Crippen molar-refractivity contribution in [1.29, 1.82) is 0 Å². The van der Waals surface area contributed by atoms with E-state index in [4.69, 9.17) is 16.6 Å². The molecule has 0 aliphatic heterocycles. The van der Waals surface area contributed by atoms with Gasteiger partial charge >= 0.3 is 0 Å². The van der Waals surface area contributed by atoms with E-state index < -0.39 is 0 Å². The molecule has 0 radical (unpaired) electrons. The molecule has 0 bridgehead atoms. The average molecular weight is 281 g/mol. The first-order chi connectivity index (χ1) is 9.11. The molecule has 1 aromatic heterocycles. The first kappa shape index (κ1) is 14.3. The second-order valence-electron chi connectivity index (χ2n) is 4.97. The molecule has 0 aliphatic carbocycles. The third kappa shape index (κ3) is 3.47. The molecular weight excluding hydrogens is 260 g/mol. The zero-order chi connectivity index (χ0) is 13.8. The molecule has 19 heavy (non-hydrogen) atoms. The Labute approximate surface area is 119 Å². The van der Waals surface area contributed by atoms with Gasteiger partial charge in [-0.05, 0) is 39.3 Å². The van der Waals surface area contributed by atoms with Crippen LogP contribution in [0, 0.1) is 0 Å². The molecule has 4 nitrogen and oxygen atoms in total. The fourth-order valence-electron chi connectivity index (χ4n) is 2.13. The highest BCUT2D eigenvalue weighted by molar-refractivity contribution is 6.31. The minimum atomic E-state index is 0.741. The van der Waals surface area contributed by atoms with Gasteiger partial charge in [0.25, 0.3) is 0 Å². The Morgan fingerprint density at radius 2 is 2.16 bits per heavy atom. The summed E-state index contributed by atoms with van der Waals surface area (Å²) < 4.78 is 2.29. The maximum Gasteiger partial charge on any atom is 0.111 e. The number of hydrogen-bond donors (Lipinski definition) is 1. The van der Waals surface area contributed by atoms with Crippen molar-refractivity contribution < 1.29 is 0 Å². The van der Waals surface area contributed by atoms with E-state index in [2.05, 4.69) is 34.9 Å². The van der Waals surface area contributed by atoms with Gasteiger partial charge < -0.3 is 14.8 Å². The van der Waals surface area contributed by atoms with Gasteiger partial charge in [0.15, 0.2) is 0 Å². The number of rotatable bonds is 6. The Balaban J connectivity index is 2.36. The number of fused-ring (bicyclic) bond motifs is 1. The van der Waals surface area contributed by atoms with Gasteiger partial charge in [0.05, 0.1) is 11.0 Å². The molecular formula is C14H21ClN4. The van der Waals surface area contributed by atoms with E-state index in [0.717, 1.165) is 47.9 Å². The fourth-order valence-corrected chi connectivity index (χ4v) is 2.30. The standard InChI is InChI=1S/C14H21ClN4/c1-16-7-6-14-17-12-10-11(15)4-5-13(12)19(14)9-8-18(2)3/h4-5,10,16H,6-9H2,1-3H3. The number of benzene rings is 1. The molecule has 0 atom stereocenters. The molecule has 104 valence electrons. The lowest BCUT2D eigenvalue weighted by atomic mass is 10.3. The van der Waals surface area contributed by atoms with Crippen molar-refractivity contribution in [2.75, 3.05) is 34.2 Å². The molecule has 5 heteroatoms. The van der Waals surface area contributed by atoms with Crippen molar-refractivity contribution in [3.63, 3.8) is 0 Å². The molecule has 0 saturated heterocycles. The summed E-state index contributed by atoms with van der Waals surface area (Å²) in [7, 11) is 6.14. The number of aromatic nitrogens is 2. The number of imidazole rings is 1. The average Bonchev–Trinajstić information content (AvgIpc) is 2.70. The summed E-state index contributed by atoms with van der Waals surface area (Å²) in [4.78, 5) is 6.89. The number of nitrogens with zero attached hydrogens (tertiary/aromatic N) is 3. The Bertz CT molecular complexity index is 548. The van der Waals surface area contributed by atoms with Crippen molar-refractivity contribution >= 4 is 22.6 Å². The molecule has 1 aromatic carbocycles. The topological polar surface area (TPSA) is 33.1 Å². The van der Waals surface area contributed by atoms with Crippen LogP contribution < -0.4 is 5.32 Å². The van der Waals surface area contributed by atoms with Crippen LogP contribution in [0.1, 0.15) is 5.82 Å². The van der Waals surface area contributed by atoms with Crippen molar-refractivity contribution in [1.82, 2.24) is 19.8 Å². The molecule has 2 rings (SSSR count). The lowest BCUT2D eigenvalue weighted by Gasteiger charge is -2.13. The molecule has 0 amide bonds. The monoisotopic (exact) mass is 280 g/mol. The van der Waals surface area contributed by atoms with E-state index in [1.54, 1.807) is 0 Å². The minimum Gasteiger partial charge on any atom is -0.327 e. The summed E-state index contributed by atoms with van der Waals surface area (Å²) in [5.41, 5.74) is 2.15. The summed E-state index contributed by atoms with van der Waals surface area (Å²) in [5, 5.41) is 3.91. The van der Waals surface area contributed by atoms with Crippen LogP contribution in [0.25, 0.3) is 11.0 Å². The van der Waals surface area contributed by atoms with Gasteiger partial charge in [-0.3, -0.25) is 0 Å². The summed E-state index contributed by atoms with van der Waals surface area (Å²) in [6.45, 7) is 2.88. The van der Waals surface area contributed by atoms with E-state index in [1.165, 1.54) is 0 Å². The Morgan fingerprint density at radius 3 is 2.84 bits per heavy atom. The van der Waals surface area contributed by atoms with Crippen LogP contribution in [0.3, 0.4) is 0 Å². The van der Waals surface area contributed by atoms with Crippen LogP contribution in [0.15, 0.2) is 18.2 Å². The highest BCUT2D eigenvalue weighted by Crippen LogP contribution is 2.20. The fraction of sp³-hybridized carbons (Fsp3) is 0.500. The van der Waals surface area contributed by atoms with Crippen LogP contribution >= 0.6 is 11.6 Å². The SMILES string of the molecule is CNCCc1nc2cc(Cl)ccc2n1CCN(C)C. The van der Waals surface area contributed by atoms with Crippen LogP contribution in [-0.2, 0) is 13.0 Å². The molecule has 0 aliphatic rings. The first-order valence-corrected chi connectivity index (χ1v) is 6.93. The predicted octanol–water partition coefficient (Wildman–Crippen LogP) is 2.01. The smallest absolute Gasteiger partial charge is 0.111 e. The third-order valence-corrected chi connectivity index (χ3v) is 3.39. The largest absolute Gasteiger partial charge is 0.327 e. The molecule has 0 spiro atoms. The summed E-state index contributed by atoms with van der Waals surface area (Å²) >= 11 is 6.04. The van der Waals surface area contributed by atoms with Crippen LogP contribution in [0.2, 0.25) is 5.02 Å². The van der Waals surface area contributed by atoms with Gasteiger partial charge in [0.2, 0.25) is 0 Å². The molecule has 1 heterocycles. The number of likely N-dealkylation sites (N-methyl/N-ethyl adjacent to an activating group) is 2. The van der Waals surface area contributed by atoms with Gasteiger partial charge in [0.1, 0.15) is 5.82 Å². The Kier molecular flexibility index (Phi) is 4.80. The molecule has 1 N–H and O–H groups in total. The molecule has 0 unspecified atom stereocenters. The third-order valence-electron chi connectivity index (χ3n) is 3.16. The second-order valence-corrected chi connectivity index (χ2v) is 5.41. The lowest BCUT2D eigenvalue weighted by Crippen LogP contribution is -2.21. The molecule has 0 saturated carbocycles. The van der Waals surface area contributed by atoms with Gasteiger partial charge in [-0.15, -0.1) is 0 Å². The van der Waals surface area contributed by atoms with E-state index in [-0.39, 0.29) is 0 Å². The number of halogens is 1. The van der Waals surface area contributed by atoms with Crippen LogP contribution in [0.4, 0.5) is 0 Å². The zero-order valence-corrected chi connectivity index (χ0v) is 12.5. The number of hydrogen-bond acceptors (Lipinski definition) is 3. The van der Waals surface area contributed by atoms with E-state index in [0.29, 0.717) is 0 Å². The maximum atomic E-state index is 6.04. The molecule has 0 fully saturated rings. The summed E-state index contributed by atoms with van der Waals surface area (Å²) in [5.74, 6) is 1.12. The highest BCUT2D eigenvalue weighted by atomic mass is 35.5. The van der Waals surface area contributed by atoms with E-state index in [9.17, 15) is 0 Å². The second kappa shape index (κ2) is 6.37. The van der Waals surface area contributed by atoms with Crippen LogP contribution in [-0.4, -0.2) is 48.7 Å². The van der Waals surface area contributed by atoms with E-state index in [1.807, 2.05) is 19.2 Å². The Hall–Kier alpha value is -1.10. The van der Waals surface area contributed by atoms with Crippen molar-refractivity contribution in [2.24, 2.45) is 0 Å². The van der Waals surface area contributed by atoms with Crippen LogP contribution in [0.5, 0.6) is 0 Å². The minimum absolute atomic E-state index is 0.741. The van der Waals surface area contributed by atoms with Gasteiger partial charge in [-0.1, -0.05) is 11.6 Å². The summed E-state index contributed by atoms with van der Waals surface area (Å²) in [6.07, 6.45) is 0.927. The predicted molar refractivity (Wildman–Crippen MR) is 80.9 cm³/mol. The van der Waals surface area contributed by atoms with Gasteiger partial charge in [-0.25, -0.2) is 4.98 Å². The number of nitrogens with one attached hydrogen (secondary N) is 1. The summed E-state index contributed by atoms with van der Waals surface area (Å²) in [6, 6.07) is 5.93. The van der Waals surface area contributed by atoms with Gasteiger partial charge in [0, 0.05) is 31.1 Å². The van der Waals surface area contributed by atoms with Crippen molar-refractivity contribution in [3.05, 3.63) is 29.0 Å². The highest BCUT2D eigenvalue weighted by Gasteiger charge is 2.10. The lowest BCUT2D eigenvalue weighted by molar-refractivity contribution is 0.383. The van der Waals surface area contributed by atoms with Crippen molar-refractivity contribution in [3.8, 4) is 0 Å².